The highest BCUT2D eigenvalue weighted by Crippen LogP contribution is 2.20. The van der Waals surface area contributed by atoms with Crippen LogP contribution < -0.4 is 0 Å². The summed E-state index contributed by atoms with van der Waals surface area (Å²) in [6, 6.07) is 5.18. The van der Waals surface area contributed by atoms with Crippen LogP contribution in [-0.4, -0.2) is 21.0 Å². The van der Waals surface area contributed by atoms with E-state index < -0.39 is 5.97 Å². The Hall–Kier alpha value is -1.68. The van der Waals surface area contributed by atoms with Crippen LogP contribution in [0, 0.1) is 0 Å². The van der Waals surface area contributed by atoms with Gasteiger partial charge in [-0.1, -0.05) is 23.7 Å². The summed E-state index contributed by atoms with van der Waals surface area (Å²) in [7, 11) is 0. The lowest BCUT2D eigenvalue weighted by molar-refractivity contribution is 0.0684. The summed E-state index contributed by atoms with van der Waals surface area (Å²) in [5.41, 5.74) is 0.460. The van der Waals surface area contributed by atoms with Gasteiger partial charge in [0.1, 0.15) is 0 Å². The smallest absolute Gasteiger partial charge is 0.373 e. The van der Waals surface area contributed by atoms with Gasteiger partial charge in [0.25, 0.3) is 0 Å². The molecule has 0 spiro atoms. The molecule has 1 aromatic heterocycles. The van der Waals surface area contributed by atoms with E-state index in [2.05, 4.69) is 9.97 Å². The van der Waals surface area contributed by atoms with Gasteiger partial charge in [-0.3, -0.25) is 0 Å². The number of para-hydroxylation sites is 1. The van der Waals surface area contributed by atoms with E-state index in [1.54, 1.807) is 18.2 Å². The SMILES string of the molecule is O=C(O)c1ncc2cccc(Cl)c2n1. The predicted molar refractivity (Wildman–Crippen MR) is 51.5 cm³/mol. The van der Waals surface area contributed by atoms with Gasteiger partial charge in [-0.25, -0.2) is 14.8 Å². The average molecular weight is 209 g/mol. The lowest BCUT2D eigenvalue weighted by atomic mass is 10.2. The molecule has 0 amide bonds. The van der Waals surface area contributed by atoms with Gasteiger partial charge >= 0.3 is 5.97 Å². The number of rotatable bonds is 1. The van der Waals surface area contributed by atoms with Gasteiger partial charge in [-0.2, -0.15) is 0 Å². The number of halogens is 1. The molecule has 0 atom stereocenters. The van der Waals surface area contributed by atoms with Crippen molar-refractivity contribution in [2.45, 2.75) is 0 Å². The van der Waals surface area contributed by atoms with Crippen molar-refractivity contribution in [3.63, 3.8) is 0 Å². The molecular formula is C9H5ClN2O2. The summed E-state index contributed by atoms with van der Waals surface area (Å²) >= 11 is 5.85. The molecule has 0 fully saturated rings. The summed E-state index contributed by atoms with van der Waals surface area (Å²) in [5, 5.41) is 9.82. The fraction of sp³-hybridized carbons (Fsp3) is 0. The largest absolute Gasteiger partial charge is 0.475 e. The zero-order valence-electron chi connectivity index (χ0n) is 6.94. The molecule has 4 nitrogen and oxygen atoms in total. The lowest BCUT2D eigenvalue weighted by Crippen LogP contribution is -2.03. The van der Waals surface area contributed by atoms with Gasteiger partial charge in [0.05, 0.1) is 10.5 Å². The molecule has 1 aromatic carbocycles. The minimum atomic E-state index is -1.16. The van der Waals surface area contributed by atoms with Gasteiger partial charge in [0, 0.05) is 11.6 Å². The Bertz CT molecular complexity index is 513. The first kappa shape index (κ1) is 8.90. The molecule has 0 aliphatic rings. The molecule has 0 unspecified atom stereocenters. The number of hydrogen-bond donors (Lipinski definition) is 1. The summed E-state index contributed by atoms with van der Waals surface area (Å²) < 4.78 is 0. The fourth-order valence-corrected chi connectivity index (χ4v) is 1.35. The Morgan fingerprint density at radius 1 is 1.43 bits per heavy atom. The number of hydrogen-bond acceptors (Lipinski definition) is 3. The van der Waals surface area contributed by atoms with E-state index >= 15 is 0 Å². The van der Waals surface area contributed by atoms with Crippen molar-refractivity contribution in [1.82, 2.24) is 9.97 Å². The van der Waals surface area contributed by atoms with Crippen LogP contribution >= 0.6 is 11.6 Å². The van der Waals surface area contributed by atoms with Crippen molar-refractivity contribution in [3.8, 4) is 0 Å². The van der Waals surface area contributed by atoms with Gasteiger partial charge in [-0.15, -0.1) is 0 Å². The first-order valence-electron chi connectivity index (χ1n) is 3.83. The van der Waals surface area contributed by atoms with Crippen LogP contribution in [0.3, 0.4) is 0 Å². The number of aromatic nitrogens is 2. The maximum Gasteiger partial charge on any atom is 0.373 e. The van der Waals surface area contributed by atoms with Crippen molar-refractivity contribution in [2.24, 2.45) is 0 Å². The van der Waals surface area contributed by atoms with Gasteiger partial charge in [0.2, 0.25) is 5.82 Å². The average Bonchev–Trinajstić information content (AvgIpc) is 2.18. The second-order valence-electron chi connectivity index (χ2n) is 2.68. The van der Waals surface area contributed by atoms with E-state index in [0.29, 0.717) is 10.5 Å². The van der Waals surface area contributed by atoms with Crippen molar-refractivity contribution >= 4 is 28.5 Å². The Balaban J connectivity index is 2.76. The minimum absolute atomic E-state index is 0.245. The number of carbonyl (C=O) groups is 1. The summed E-state index contributed by atoms with van der Waals surface area (Å²) in [4.78, 5) is 18.1. The molecule has 70 valence electrons. The third kappa shape index (κ3) is 1.40. The molecule has 0 radical (unpaired) electrons. The number of carboxylic acid groups (broad SMARTS) is 1. The van der Waals surface area contributed by atoms with Gasteiger partial charge < -0.3 is 5.11 Å². The van der Waals surface area contributed by atoms with Gasteiger partial charge in [0.15, 0.2) is 0 Å². The molecule has 5 heteroatoms. The normalized spacial score (nSPS) is 10.4. The van der Waals surface area contributed by atoms with E-state index in [0.717, 1.165) is 5.39 Å². The Morgan fingerprint density at radius 2 is 2.21 bits per heavy atom. The van der Waals surface area contributed by atoms with Crippen molar-refractivity contribution in [1.29, 1.82) is 0 Å². The Labute approximate surface area is 84.2 Å². The standard InChI is InChI=1S/C9H5ClN2O2/c10-6-3-1-2-5-4-11-8(9(13)14)12-7(5)6/h1-4H,(H,13,14). The second-order valence-corrected chi connectivity index (χ2v) is 3.08. The molecule has 0 aliphatic carbocycles. The second kappa shape index (κ2) is 3.23. The first-order chi connectivity index (χ1) is 6.68. The highest BCUT2D eigenvalue weighted by atomic mass is 35.5. The maximum absolute atomic E-state index is 10.6. The van der Waals surface area contributed by atoms with E-state index in [-0.39, 0.29) is 5.82 Å². The molecule has 14 heavy (non-hydrogen) atoms. The zero-order chi connectivity index (χ0) is 10.1. The molecule has 2 aromatic rings. The maximum atomic E-state index is 10.6. The van der Waals surface area contributed by atoms with Crippen LogP contribution in [0.4, 0.5) is 0 Å². The molecule has 0 aliphatic heterocycles. The van der Waals surface area contributed by atoms with Crippen LogP contribution in [-0.2, 0) is 0 Å². The van der Waals surface area contributed by atoms with Gasteiger partial charge in [-0.05, 0) is 6.07 Å². The van der Waals surface area contributed by atoms with Crippen molar-refractivity contribution in [2.75, 3.05) is 0 Å². The zero-order valence-corrected chi connectivity index (χ0v) is 7.69. The highest BCUT2D eigenvalue weighted by Gasteiger charge is 2.08. The Morgan fingerprint density at radius 3 is 2.93 bits per heavy atom. The topological polar surface area (TPSA) is 63.1 Å². The van der Waals surface area contributed by atoms with Crippen LogP contribution in [0.5, 0.6) is 0 Å². The van der Waals surface area contributed by atoms with Crippen LogP contribution in [0.1, 0.15) is 10.6 Å². The van der Waals surface area contributed by atoms with Crippen molar-refractivity contribution < 1.29 is 9.90 Å². The summed E-state index contributed by atoms with van der Waals surface area (Å²) in [5.74, 6) is -1.41. The van der Waals surface area contributed by atoms with Crippen LogP contribution in [0.25, 0.3) is 10.9 Å². The molecular weight excluding hydrogens is 204 g/mol. The summed E-state index contributed by atoms with van der Waals surface area (Å²) in [6.07, 6.45) is 1.44. The van der Waals surface area contributed by atoms with E-state index in [1.165, 1.54) is 6.20 Å². The number of nitrogens with zero attached hydrogens (tertiary/aromatic N) is 2. The van der Waals surface area contributed by atoms with Crippen LogP contribution in [0.15, 0.2) is 24.4 Å². The highest BCUT2D eigenvalue weighted by molar-refractivity contribution is 6.35. The summed E-state index contributed by atoms with van der Waals surface area (Å²) in [6.45, 7) is 0. The molecule has 0 bridgehead atoms. The first-order valence-corrected chi connectivity index (χ1v) is 4.21. The quantitative estimate of drug-likeness (QED) is 0.779. The minimum Gasteiger partial charge on any atom is -0.475 e. The van der Waals surface area contributed by atoms with E-state index in [9.17, 15) is 4.79 Å². The fourth-order valence-electron chi connectivity index (χ4n) is 1.12. The molecule has 1 heterocycles. The number of fused-ring (bicyclic) bond motifs is 1. The van der Waals surface area contributed by atoms with Crippen molar-refractivity contribution in [3.05, 3.63) is 35.2 Å². The van der Waals surface area contributed by atoms with E-state index in [4.69, 9.17) is 16.7 Å². The Kier molecular flexibility index (Phi) is 2.05. The van der Waals surface area contributed by atoms with E-state index in [1.807, 2.05) is 0 Å². The molecule has 0 saturated heterocycles. The molecule has 2 rings (SSSR count). The molecule has 1 N–H and O–H groups in total. The number of carboxylic acids is 1. The number of benzene rings is 1. The monoisotopic (exact) mass is 208 g/mol. The predicted octanol–water partition coefficient (Wildman–Crippen LogP) is 1.98. The third-order valence-electron chi connectivity index (χ3n) is 1.75. The third-order valence-corrected chi connectivity index (χ3v) is 2.06. The van der Waals surface area contributed by atoms with Crippen LogP contribution in [0.2, 0.25) is 5.02 Å². The lowest BCUT2D eigenvalue weighted by Gasteiger charge is -1.99. The molecule has 0 saturated carbocycles. The number of aromatic carboxylic acids is 1.